The first-order chi connectivity index (χ1) is 9.67. The van der Waals surface area contributed by atoms with Gasteiger partial charge < -0.3 is 20.0 Å². The fraction of sp³-hybridized carbons (Fsp3) is 0.429. The van der Waals surface area contributed by atoms with Crippen LogP contribution >= 0.6 is 0 Å². The zero-order valence-corrected chi connectivity index (χ0v) is 11.8. The molecule has 0 radical (unpaired) electrons. The number of carbonyl (C=O) groups is 1. The van der Waals surface area contributed by atoms with Crippen molar-refractivity contribution in [2.75, 3.05) is 20.3 Å². The quantitative estimate of drug-likeness (QED) is 0.424. The van der Waals surface area contributed by atoms with Crippen LogP contribution in [-0.2, 0) is 9.63 Å². The maximum absolute atomic E-state index is 10.5. The predicted molar refractivity (Wildman–Crippen MR) is 76.1 cm³/mol. The van der Waals surface area contributed by atoms with E-state index in [9.17, 15) is 4.79 Å². The van der Waals surface area contributed by atoms with Crippen molar-refractivity contribution in [2.45, 2.75) is 19.8 Å². The Bertz CT molecular complexity index is 460. The number of hydrogen-bond acceptors (Lipinski definition) is 5. The molecule has 0 saturated heterocycles. The lowest BCUT2D eigenvalue weighted by Crippen LogP contribution is -2.16. The number of oxime groups is 1. The van der Waals surface area contributed by atoms with Gasteiger partial charge in [-0.25, -0.2) is 0 Å². The summed E-state index contributed by atoms with van der Waals surface area (Å²) in [4.78, 5) is 15.2. The number of unbranched alkanes of at least 4 members (excludes halogenated alkanes) is 1. The molecule has 1 aromatic carbocycles. The van der Waals surface area contributed by atoms with Gasteiger partial charge in [0.15, 0.2) is 18.1 Å². The molecule has 0 spiro atoms. The van der Waals surface area contributed by atoms with Gasteiger partial charge >= 0.3 is 0 Å². The number of carbonyl (C=O) groups excluding carboxylic acids is 1. The molecule has 110 valence electrons. The monoisotopic (exact) mass is 280 g/mol. The van der Waals surface area contributed by atoms with E-state index < -0.39 is 5.91 Å². The van der Waals surface area contributed by atoms with Gasteiger partial charge in [-0.1, -0.05) is 18.5 Å². The molecule has 1 rings (SSSR count). The Balaban J connectivity index is 2.63. The Kier molecular flexibility index (Phi) is 6.95. The average Bonchev–Trinajstić information content (AvgIpc) is 2.44. The third-order valence-electron chi connectivity index (χ3n) is 2.43. The van der Waals surface area contributed by atoms with Gasteiger partial charge in [0.25, 0.3) is 5.91 Å². The van der Waals surface area contributed by atoms with E-state index in [1.54, 1.807) is 13.2 Å². The topological polar surface area (TPSA) is 83.1 Å². The molecule has 1 amide bonds. The van der Waals surface area contributed by atoms with E-state index >= 15 is 0 Å². The Morgan fingerprint density at radius 3 is 2.85 bits per heavy atom. The molecule has 0 atom stereocenters. The summed E-state index contributed by atoms with van der Waals surface area (Å²) < 4.78 is 10.9. The molecule has 1 aromatic rings. The normalized spacial score (nSPS) is 10.5. The lowest BCUT2D eigenvalue weighted by Gasteiger charge is -2.10. The average molecular weight is 280 g/mol. The molecule has 0 aromatic heterocycles. The SMILES string of the molecule is CCCCOc1ccc(/C=N\OCC(N)=O)cc1OC. The van der Waals surface area contributed by atoms with Crippen molar-refractivity contribution in [2.24, 2.45) is 10.9 Å². The van der Waals surface area contributed by atoms with Gasteiger partial charge in [0.05, 0.1) is 19.9 Å². The standard InChI is InChI=1S/C14H20N2O4/c1-3-4-7-19-12-6-5-11(8-13(12)18-2)9-16-20-10-14(15)17/h5-6,8-9H,3-4,7,10H2,1-2H3,(H2,15,17)/b16-9-. The minimum atomic E-state index is -0.570. The summed E-state index contributed by atoms with van der Waals surface area (Å²) in [7, 11) is 1.58. The molecule has 0 aliphatic rings. The van der Waals surface area contributed by atoms with Crippen LogP contribution < -0.4 is 15.2 Å². The van der Waals surface area contributed by atoms with E-state index in [2.05, 4.69) is 12.1 Å². The van der Waals surface area contributed by atoms with Crippen LogP contribution in [0.1, 0.15) is 25.3 Å². The molecule has 0 unspecified atom stereocenters. The summed E-state index contributed by atoms with van der Waals surface area (Å²) in [5, 5.41) is 3.64. The number of ether oxygens (including phenoxy) is 2. The first-order valence-electron chi connectivity index (χ1n) is 6.41. The minimum absolute atomic E-state index is 0.244. The number of rotatable bonds is 9. The van der Waals surface area contributed by atoms with Crippen LogP contribution in [0.15, 0.2) is 23.4 Å². The number of amides is 1. The van der Waals surface area contributed by atoms with E-state index in [0.717, 1.165) is 18.4 Å². The third-order valence-corrected chi connectivity index (χ3v) is 2.43. The highest BCUT2D eigenvalue weighted by Gasteiger charge is 2.04. The Morgan fingerprint density at radius 2 is 2.20 bits per heavy atom. The van der Waals surface area contributed by atoms with Gasteiger partial charge in [-0.2, -0.15) is 0 Å². The number of hydrogen-bond donors (Lipinski definition) is 1. The second-order valence-corrected chi connectivity index (χ2v) is 4.09. The summed E-state index contributed by atoms with van der Waals surface area (Å²) in [5.41, 5.74) is 5.69. The molecular formula is C14H20N2O4. The van der Waals surface area contributed by atoms with Crippen LogP contribution in [0.2, 0.25) is 0 Å². The Hall–Kier alpha value is -2.24. The number of nitrogens with zero attached hydrogens (tertiary/aromatic N) is 1. The van der Waals surface area contributed by atoms with Crippen molar-refractivity contribution in [3.05, 3.63) is 23.8 Å². The number of methoxy groups -OCH3 is 1. The van der Waals surface area contributed by atoms with Crippen LogP contribution in [0.3, 0.4) is 0 Å². The first kappa shape index (κ1) is 15.8. The summed E-state index contributed by atoms with van der Waals surface area (Å²) in [6.45, 7) is 2.51. The molecule has 0 bridgehead atoms. The molecule has 0 aliphatic carbocycles. The summed E-state index contributed by atoms with van der Waals surface area (Å²) in [5.74, 6) is 0.746. The highest BCUT2D eigenvalue weighted by molar-refractivity contribution is 5.80. The third kappa shape index (κ3) is 5.60. The summed E-state index contributed by atoms with van der Waals surface area (Å²) in [6.07, 6.45) is 3.54. The van der Waals surface area contributed by atoms with Crippen LogP contribution in [-0.4, -0.2) is 32.4 Å². The summed E-state index contributed by atoms with van der Waals surface area (Å²) in [6, 6.07) is 5.41. The molecule has 6 heteroatoms. The molecule has 0 aliphatic heterocycles. The Labute approximate surface area is 118 Å². The van der Waals surface area contributed by atoms with Gasteiger partial charge in [0.2, 0.25) is 0 Å². The van der Waals surface area contributed by atoms with E-state index in [4.69, 9.17) is 20.0 Å². The van der Waals surface area contributed by atoms with E-state index in [-0.39, 0.29) is 6.61 Å². The van der Waals surface area contributed by atoms with Crippen molar-refractivity contribution < 1.29 is 19.1 Å². The molecular weight excluding hydrogens is 260 g/mol. The van der Waals surface area contributed by atoms with Crippen LogP contribution in [0.4, 0.5) is 0 Å². The molecule has 0 saturated carbocycles. The molecule has 0 heterocycles. The van der Waals surface area contributed by atoms with Crippen molar-refractivity contribution >= 4 is 12.1 Å². The second-order valence-electron chi connectivity index (χ2n) is 4.09. The lowest BCUT2D eigenvalue weighted by molar-refractivity contribution is -0.122. The van der Waals surface area contributed by atoms with Crippen LogP contribution in [0.5, 0.6) is 11.5 Å². The predicted octanol–water partition coefficient (Wildman–Crippen LogP) is 1.71. The number of benzene rings is 1. The lowest BCUT2D eigenvalue weighted by atomic mass is 10.2. The zero-order chi connectivity index (χ0) is 14.8. The van der Waals surface area contributed by atoms with Crippen molar-refractivity contribution in [1.82, 2.24) is 0 Å². The van der Waals surface area contributed by atoms with E-state index in [0.29, 0.717) is 18.1 Å². The maximum Gasteiger partial charge on any atom is 0.258 e. The fourth-order valence-electron chi connectivity index (χ4n) is 1.41. The molecule has 6 nitrogen and oxygen atoms in total. The molecule has 20 heavy (non-hydrogen) atoms. The summed E-state index contributed by atoms with van der Waals surface area (Å²) >= 11 is 0. The van der Waals surface area contributed by atoms with Gasteiger partial charge in [-0.05, 0) is 24.6 Å². The first-order valence-corrected chi connectivity index (χ1v) is 6.41. The maximum atomic E-state index is 10.5. The fourth-order valence-corrected chi connectivity index (χ4v) is 1.41. The number of nitrogens with two attached hydrogens (primary N) is 1. The van der Waals surface area contributed by atoms with E-state index in [1.807, 2.05) is 12.1 Å². The van der Waals surface area contributed by atoms with Gasteiger partial charge in [0, 0.05) is 5.56 Å². The number of primary amides is 1. The van der Waals surface area contributed by atoms with E-state index in [1.165, 1.54) is 6.21 Å². The van der Waals surface area contributed by atoms with Gasteiger partial charge in [-0.3, -0.25) is 4.79 Å². The molecule has 0 fully saturated rings. The molecule has 2 N–H and O–H groups in total. The van der Waals surface area contributed by atoms with Crippen molar-refractivity contribution in [3.8, 4) is 11.5 Å². The largest absolute Gasteiger partial charge is 0.493 e. The van der Waals surface area contributed by atoms with Crippen molar-refractivity contribution in [3.63, 3.8) is 0 Å². The smallest absolute Gasteiger partial charge is 0.258 e. The van der Waals surface area contributed by atoms with Crippen molar-refractivity contribution in [1.29, 1.82) is 0 Å². The highest BCUT2D eigenvalue weighted by Crippen LogP contribution is 2.27. The Morgan fingerprint density at radius 1 is 1.40 bits per heavy atom. The van der Waals surface area contributed by atoms with Crippen LogP contribution in [0, 0.1) is 0 Å². The van der Waals surface area contributed by atoms with Gasteiger partial charge in [0.1, 0.15) is 0 Å². The second kappa shape index (κ2) is 8.79. The highest BCUT2D eigenvalue weighted by atomic mass is 16.6. The zero-order valence-electron chi connectivity index (χ0n) is 11.8. The van der Waals surface area contributed by atoms with Gasteiger partial charge in [-0.15, -0.1) is 0 Å². The minimum Gasteiger partial charge on any atom is -0.493 e. The van der Waals surface area contributed by atoms with Crippen LogP contribution in [0.25, 0.3) is 0 Å².